The molecule has 5 nitrogen and oxygen atoms in total. The minimum Gasteiger partial charge on any atom is -0.322 e. The summed E-state index contributed by atoms with van der Waals surface area (Å²) in [6.07, 6.45) is 0. The molecule has 0 fully saturated rings. The predicted octanol–water partition coefficient (Wildman–Crippen LogP) is 4.93. The molecule has 2 heterocycles. The number of benzene rings is 2. The molecule has 8 heteroatoms. The van der Waals surface area contributed by atoms with Crippen LogP contribution in [0, 0.1) is 12.7 Å². The van der Waals surface area contributed by atoms with E-state index < -0.39 is 5.82 Å². The summed E-state index contributed by atoms with van der Waals surface area (Å²) in [5, 5.41) is 0.733. The zero-order valence-corrected chi connectivity index (χ0v) is 16.9. The highest BCUT2D eigenvalue weighted by atomic mass is 35.5. The third-order valence-corrected chi connectivity index (χ3v) is 5.68. The van der Waals surface area contributed by atoms with Crippen molar-refractivity contribution in [2.45, 2.75) is 13.5 Å². The minimum absolute atomic E-state index is 0.00211. The van der Waals surface area contributed by atoms with Gasteiger partial charge in [-0.2, -0.15) is 0 Å². The molecule has 0 saturated carbocycles. The van der Waals surface area contributed by atoms with Crippen molar-refractivity contribution < 1.29 is 9.18 Å². The van der Waals surface area contributed by atoms with Crippen molar-refractivity contribution >= 4 is 45.4 Å². The molecule has 146 valence electrons. The molecular weight excluding hydrogens is 413 g/mol. The highest BCUT2D eigenvalue weighted by molar-refractivity contribution is 7.12. The van der Waals surface area contributed by atoms with Crippen LogP contribution in [-0.2, 0) is 6.54 Å². The van der Waals surface area contributed by atoms with Gasteiger partial charge in [-0.1, -0.05) is 23.7 Å². The molecular formula is C21H15ClFN3O2S. The number of nitrogens with one attached hydrogen (secondary N) is 1. The topological polar surface area (TPSA) is 66.1 Å². The molecule has 29 heavy (non-hydrogen) atoms. The molecule has 2 aromatic carbocycles. The molecule has 0 spiro atoms. The lowest BCUT2D eigenvalue weighted by Gasteiger charge is -2.23. The van der Waals surface area contributed by atoms with E-state index in [0.29, 0.717) is 32.4 Å². The summed E-state index contributed by atoms with van der Waals surface area (Å²) in [7, 11) is 0. The molecule has 0 atom stereocenters. The number of carbonyl (C=O) groups is 1. The standard InChI is InChI=1S/C21H15ClFN3O2S/c1-12-20(29-11-24-12)21(28)26(15-5-2-4-14(22)9-15)10-13-8-18(27)25-17-7-3-6-16(23)19(13)17/h2-9,11H,10H2,1H3,(H,25,27). The van der Waals surface area contributed by atoms with Crippen molar-refractivity contribution in [1.29, 1.82) is 0 Å². The van der Waals surface area contributed by atoms with E-state index in [2.05, 4.69) is 9.97 Å². The van der Waals surface area contributed by atoms with Crippen LogP contribution in [0.3, 0.4) is 0 Å². The zero-order valence-electron chi connectivity index (χ0n) is 15.3. The maximum absolute atomic E-state index is 14.6. The Hall–Kier alpha value is -3.03. The van der Waals surface area contributed by atoms with Gasteiger partial charge in [0.05, 0.1) is 23.3 Å². The molecule has 2 aromatic heterocycles. The van der Waals surface area contributed by atoms with Crippen molar-refractivity contribution in [2.75, 3.05) is 4.90 Å². The first-order valence-electron chi connectivity index (χ1n) is 8.72. The van der Waals surface area contributed by atoms with Gasteiger partial charge in [0, 0.05) is 22.2 Å². The second kappa shape index (κ2) is 7.77. The molecule has 0 radical (unpaired) electrons. The van der Waals surface area contributed by atoms with E-state index in [-0.39, 0.29) is 23.4 Å². The van der Waals surface area contributed by atoms with Crippen LogP contribution < -0.4 is 10.5 Å². The SMILES string of the molecule is Cc1ncsc1C(=O)N(Cc1cc(=O)[nH]c2cccc(F)c12)c1cccc(Cl)c1. The number of rotatable bonds is 4. The van der Waals surface area contributed by atoms with Gasteiger partial charge in [-0.25, -0.2) is 9.37 Å². The summed E-state index contributed by atoms with van der Waals surface area (Å²) >= 11 is 7.36. The maximum Gasteiger partial charge on any atom is 0.270 e. The van der Waals surface area contributed by atoms with Crippen LogP contribution in [0.5, 0.6) is 0 Å². The molecule has 0 bridgehead atoms. The Balaban J connectivity index is 1.87. The highest BCUT2D eigenvalue weighted by Gasteiger charge is 2.23. The number of nitrogens with zero attached hydrogens (tertiary/aromatic N) is 2. The molecule has 0 aliphatic heterocycles. The number of fused-ring (bicyclic) bond motifs is 1. The van der Waals surface area contributed by atoms with Gasteiger partial charge in [0.2, 0.25) is 5.56 Å². The van der Waals surface area contributed by atoms with Crippen molar-refractivity contribution in [3.05, 3.63) is 91.4 Å². The number of H-pyrrole nitrogens is 1. The lowest BCUT2D eigenvalue weighted by atomic mass is 10.1. The fraction of sp³-hybridized carbons (Fsp3) is 0.0952. The number of aromatic nitrogens is 2. The molecule has 0 unspecified atom stereocenters. The van der Waals surface area contributed by atoms with Gasteiger partial charge in [-0.15, -0.1) is 11.3 Å². The van der Waals surface area contributed by atoms with Gasteiger partial charge in [-0.05, 0) is 42.8 Å². The second-order valence-electron chi connectivity index (χ2n) is 6.46. The van der Waals surface area contributed by atoms with Crippen LogP contribution in [0.25, 0.3) is 10.9 Å². The Bertz CT molecular complexity index is 1280. The number of thiazole rings is 1. The predicted molar refractivity (Wildman–Crippen MR) is 113 cm³/mol. The number of carbonyl (C=O) groups excluding carboxylic acids is 1. The third kappa shape index (κ3) is 3.79. The summed E-state index contributed by atoms with van der Waals surface area (Å²) in [4.78, 5) is 34.2. The van der Waals surface area contributed by atoms with Crippen LogP contribution in [0.4, 0.5) is 10.1 Å². The Morgan fingerprint density at radius 2 is 2.03 bits per heavy atom. The number of amides is 1. The number of anilines is 1. The molecule has 4 rings (SSSR count). The van der Waals surface area contributed by atoms with Crippen LogP contribution in [0.15, 0.2) is 58.8 Å². The zero-order chi connectivity index (χ0) is 20.5. The van der Waals surface area contributed by atoms with Crippen molar-refractivity contribution in [3.8, 4) is 0 Å². The number of pyridine rings is 1. The van der Waals surface area contributed by atoms with Gasteiger partial charge in [0.1, 0.15) is 10.7 Å². The van der Waals surface area contributed by atoms with Gasteiger partial charge in [0.15, 0.2) is 0 Å². The second-order valence-corrected chi connectivity index (χ2v) is 7.75. The first kappa shape index (κ1) is 19.3. The molecule has 4 aromatic rings. The minimum atomic E-state index is -0.471. The fourth-order valence-electron chi connectivity index (χ4n) is 3.20. The van der Waals surface area contributed by atoms with E-state index >= 15 is 0 Å². The summed E-state index contributed by atoms with van der Waals surface area (Å²) in [5.41, 5.74) is 3.15. The molecule has 0 saturated heterocycles. The quantitative estimate of drug-likeness (QED) is 0.502. The van der Waals surface area contributed by atoms with E-state index in [4.69, 9.17) is 11.6 Å². The molecule has 1 amide bonds. The Morgan fingerprint density at radius 3 is 2.76 bits per heavy atom. The summed E-state index contributed by atoms with van der Waals surface area (Å²) < 4.78 is 14.6. The lowest BCUT2D eigenvalue weighted by molar-refractivity contribution is 0.0988. The number of halogens is 2. The van der Waals surface area contributed by atoms with Gasteiger partial charge in [-0.3, -0.25) is 9.59 Å². The number of aromatic amines is 1. The van der Waals surface area contributed by atoms with Crippen LogP contribution in [-0.4, -0.2) is 15.9 Å². The largest absolute Gasteiger partial charge is 0.322 e. The summed E-state index contributed by atoms with van der Waals surface area (Å²) in [6.45, 7) is 1.75. The smallest absolute Gasteiger partial charge is 0.270 e. The summed E-state index contributed by atoms with van der Waals surface area (Å²) in [5.74, 6) is -0.766. The van der Waals surface area contributed by atoms with Gasteiger partial charge < -0.3 is 9.88 Å². The number of aryl methyl sites for hydroxylation is 1. The Kier molecular flexibility index (Phi) is 5.17. The van der Waals surface area contributed by atoms with E-state index in [1.54, 1.807) is 42.8 Å². The van der Waals surface area contributed by atoms with Gasteiger partial charge in [0.25, 0.3) is 5.91 Å². The Labute approximate surface area is 174 Å². The molecule has 1 N–H and O–H groups in total. The monoisotopic (exact) mass is 427 g/mol. The van der Waals surface area contributed by atoms with E-state index in [9.17, 15) is 14.0 Å². The molecule has 0 aliphatic rings. The average Bonchev–Trinajstić information content (AvgIpc) is 3.11. The summed E-state index contributed by atoms with van der Waals surface area (Å²) in [6, 6.07) is 12.6. The number of hydrogen-bond donors (Lipinski definition) is 1. The van der Waals surface area contributed by atoms with Crippen molar-refractivity contribution in [1.82, 2.24) is 9.97 Å². The normalized spacial score (nSPS) is 11.0. The first-order valence-corrected chi connectivity index (χ1v) is 9.98. The van der Waals surface area contributed by atoms with E-state index in [1.165, 1.54) is 34.4 Å². The van der Waals surface area contributed by atoms with Crippen LogP contribution in [0.1, 0.15) is 20.9 Å². The molecule has 0 aliphatic carbocycles. The van der Waals surface area contributed by atoms with E-state index in [0.717, 1.165) is 0 Å². The Morgan fingerprint density at radius 1 is 1.24 bits per heavy atom. The first-order chi connectivity index (χ1) is 13.9. The lowest BCUT2D eigenvalue weighted by Crippen LogP contribution is -2.31. The number of hydrogen-bond acceptors (Lipinski definition) is 4. The van der Waals surface area contributed by atoms with E-state index in [1.807, 2.05) is 0 Å². The van der Waals surface area contributed by atoms with Crippen LogP contribution >= 0.6 is 22.9 Å². The fourth-order valence-corrected chi connectivity index (χ4v) is 4.14. The third-order valence-electron chi connectivity index (χ3n) is 4.53. The average molecular weight is 428 g/mol. The van der Waals surface area contributed by atoms with Crippen molar-refractivity contribution in [2.24, 2.45) is 0 Å². The van der Waals surface area contributed by atoms with Crippen LogP contribution in [0.2, 0.25) is 5.02 Å². The van der Waals surface area contributed by atoms with Gasteiger partial charge >= 0.3 is 0 Å². The highest BCUT2D eigenvalue weighted by Crippen LogP contribution is 2.28. The van der Waals surface area contributed by atoms with Crippen molar-refractivity contribution in [3.63, 3.8) is 0 Å². The maximum atomic E-state index is 14.6.